The number of nitrogens with zero attached hydrogens (tertiary/aromatic N) is 2. The number of anilines is 1. The lowest BCUT2D eigenvalue weighted by Gasteiger charge is -2.25. The first-order valence-electron chi connectivity index (χ1n) is 5.70. The zero-order valence-corrected chi connectivity index (χ0v) is 10.7. The fraction of sp³-hybridized carbons (Fsp3) is 0.583. The number of aromatic nitrogens is 1. The lowest BCUT2D eigenvalue weighted by Crippen LogP contribution is -2.32. The van der Waals surface area contributed by atoms with Gasteiger partial charge in [-0.15, -0.1) is 0 Å². The molecule has 1 unspecified atom stereocenters. The van der Waals surface area contributed by atoms with E-state index in [-0.39, 0.29) is 6.04 Å². The molecule has 0 spiro atoms. The molecule has 0 radical (unpaired) electrons. The van der Waals surface area contributed by atoms with Crippen LogP contribution in [-0.4, -0.2) is 29.6 Å². The van der Waals surface area contributed by atoms with Crippen molar-refractivity contribution in [2.24, 2.45) is 5.73 Å². The van der Waals surface area contributed by atoms with Crippen molar-refractivity contribution in [2.45, 2.75) is 25.4 Å². The van der Waals surface area contributed by atoms with Crippen LogP contribution in [0.3, 0.4) is 0 Å². The van der Waals surface area contributed by atoms with Gasteiger partial charge in [0.25, 0.3) is 0 Å². The van der Waals surface area contributed by atoms with E-state index in [2.05, 4.69) is 23.0 Å². The van der Waals surface area contributed by atoms with Crippen LogP contribution < -0.4 is 10.6 Å². The minimum absolute atomic E-state index is 0.0769. The second kappa shape index (κ2) is 5.06. The average molecular weight is 237 g/mol. The fourth-order valence-corrected chi connectivity index (χ4v) is 3.19. The molecular weight excluding hydrogens is 218 g/mol. The van der Waals surface area contributed by atoms with Crippen LogP contribution in [0.1, 0.15) is 24.9 Å². The van der Waals surface area contributed by atoms with Crippen LogP contribution in [0, 0.1) is 0 Å². The molecule has 2 heterocycles. The molecule has 16 heavy (non-hydrogen) atoms. The van der Waals surface area contributed by atoms with Crippen LogP contribution in [-0.2, 0) is 0 Å². The van der Waals surface area contributed by atoms with Gasteiger partial charge >= 0.3 is 0 Å². The van der Waals surface area contributed by atoms with E-state index in [9.17, 15) is 0 Å². The predicted octanol–water partition coefficient (Wildman–Crippen LogP) is 2.04. The molecule has 1 aromatic heterocycles. The summed E-state index contributed by atoms with van der Waals surface area (Å²) in [5.41, 5.74) is 7.04. The summed E-state index contributed by atoms with van der Waals surface area (Å²) >= 11 is 2.02. The van der Waals surface area contributed by atoms with E-state index in [0.29, 0.717) is 6.04 Å². The van der Waals surface area contributed by atoms with Gasteiger partial charge in [0, 0.05) is 31.1 Å². The van der Waals surface area contributed by atoms with Crippen molar-refractivity contribution < 1.29 is 0 Å². The molecule has 0 bridgehead atoms. The summed E-state index contributed by atoms with van der Waals surface area (Å²) < 4.78 is 0. The number of hydrogen-bond donors (Lipinski definition) is 1. The molecule has 0 aliphatic carbocycles. The molecule has 2 N–H and O–H groups in total. The van der Waals surface area contributed by atoms with E-state index in [4.69, 9.17) is 5.73 Å². The minimum atomic E-state index is 0.0769. The van der Waals surface area contributed by atoms with Crippen molar-refractivity contribution >= 4 is 17.6 Å². The first-order valence-corrected chi connectivity index (χ1v) is 6.86. The topological polar surface area (TPSA) is 42.1 Å². The number of pyridine rings is 1. The van der Waals surface area contributed by atoms with E-state index in [0.717, 1.165) is 11.4 Å². The maximum Gasteiger partial charge on any atom is 0.128 e. The summed E-state index contributed by atoms with van der Waals surface area (Å²) in [5, 5.41) is 0. The SMILES string of the molecule is C[C@H](N)c1ccnc(N(C)C2CCSC2)c1. The van der Waals surface area contributed by atoms with Crippen LogP contribution in [0.15, 0.2) is 18.3 Å². The highest BCUT2D eigenvalue weighted by Crippen LogP contribution is 2.25. The van der Waals surface area contributed by atoms with Crippen LogP contribution in [0.25, 0.3) is 0 Å². The van der Waals surface area contributed by atoms with Gasteiger partial charge in [0.15, 0.2) is 0 Å². The molecule has 2 rings (SSSR count). The van der Waals surface area contributed by atoms with Crippen molar-refractivity contribution in [3.8, 4) is 0 Å². The van der Waals surface area contributed by atoms with Gasteiger partial charge in [-0.2, -0.15) is 11.8 Å². The van der Waals surface area contributed by atoms with Gasteiger partial charge in [-0.3, -0.25) is 0 Å². The fourth-order valence-electron chi connectivity index (χ4n) is 1.92. The summed E-state index contributed by atoms with van der Waals surface area (Å²) in [5.74, 6) is 3.52. The number of rotatable bonds is 3. The Bertz CT molecular complexity index is 348. The van der Waals surface area contributed by atoms with Crippen LogP contribution in [0.5, 0.6) is 0 Å². The maximum absolute atomic E-state index is 5.89. The molecule has 1 fully saturated rings. The largest absolute Gasteiger partial charge is 0.356 e. The Balaban J connectivity index is 2.15. The van der Waals surface area contributed by atoms with Crippen molar-refractivity contribution in [1.82, 2.24) is 4.98 Å². The number of nitrogens with two attached hydrogens (primary N) is 1. The summed E-state index contributed by atoms with van der Waals surface area (Å²) in [6, 6.07) is 4.80. The second-order valence-electron chi connectivity index (χ2n) is 4.36. The Hall–Kier alpha value is -0.740. The van der Waals surface area contributed by atoms with Crippen LogP contribution in [0.2, 0.25) is 0 Å². The van der Waals surface area contributed by atoms with Crippen molar-refractivity contribution in [1.29, 1.82) is 0 Å². The van der Waals surface area contributed by atoms with E-state index < -0.39 is 0 Å². The summed E-state index contributed by atoms with van der Waals surface area (Å²) in [4.78, 5) is 6.71. The lowest BCUT2D eigenvalue weighted by molar-refractivity contribution is 0.689. The van der Waals surface area contributed by atoms with E-state index in [1.807, 2.05) is 30.9 Å². The van der Waals surface area contributed by atoms with Gasteiger partial charge in [-0.1, -0.05) is 0 Å². The number of hydrogen-bond acceptors (Lipinski definition) is 4. The monoisotopic (exact) mass is 237 g/mol. The van der Waals surface area contributed by atoms with Crippen LogP contribution >= 0.6 is 11.8 Å². The molecule has 88 valence electrons. The highest BCUT2D eigenvalue weighted by molar-refractivity contribution is 7.99. The summed E-state index contributed by atoms with van der Waals surface area (Å²) in [6.45, 7) is 2.00. The van der Waals surface area contributed by atoms with Gasteiger partial charge < -0.3 is 10.6 Å². The standard InChI is InChI=1S/C12H19N3S/c1-9(13)10-3-5-14-12(7-10)15(2)11-4-6-16-8-11/h3,5,7,9,11H,4,6,8,13H2,1-2H3/t9-,11?/m0/s1. The first-order chi connectivity index (χ1) is 7.68. The highest BCUT2D eigenvalue weighted by atomic mass is 32.2. The second-order valence-corrected chi connectivity index (χ2v) is 5.51. The molecule has 1 aliphatic rings. The Morgan fingerprint density at radius 2 is 2.44 bits per heavy atom. The average Bonchev–Trinajstić information content (AvgIpc) is 2.81. The summed E-state index contributed by atoms with van der Waals surface area (Å²) in [7, 11) is 2.13. The third kappa shape index (κ3) is 2.50. The smallest absolute Gasteiger partial charge is 0.128 e. The minimum Gasteiger partial charge on any atom is -0.356 e. The van der Waals surface area contributed by atoms with Gasteiger partial charge in [0.1, 0.15) is 5.82 Å². The molecule has 0 saturated carbocycles. The molecule has 0 aromatic carbocycles. The normalized spacial score (nSPS) is 22.1. The zero-order chi connectivity index (χ0) is 11.5. The molecule has 1 aliphatic heterocycles. The molecule has 2 atom stereocenters. The molecule has 4 heteroatoms. The highest BCUT2D eigenvalue weighted by Gasteiger charge is 2.21. The first kappa shape index (κ1) is 11.7. The molecule has 0 amide bonds. The van der Waals surface area contributed by atoms with Crippen molar-refractivity contribution in [3.63, 3.8) is 0 Å². The predicted molar refractivity (Wildman–Crippen MR) is 71.0 cm³/mol. The molecule has 1 aromatic rings. The van der Waals surface area contributed by atoms with Gasteiger partial charge in [0.05, 0.1) is 0 Å². The molecule has 1 saturated heterocycles. The van der Waals surface area contributed by atoms with Crippen LogP contribution in [0.4, 0.5) is 5.82 Å². The van der Waals surface area contributed by atoms with Gasteiger partial charge in [-0.05, 0) is 36.8 Å². The molecular formula is C12H19N3S. The Kier molecular flexibility index (Phi) is 3.71. The van der Waals surface area contributed by atoms with Gasteiger partial charge in [-0.25, -0.2) is 4.98 Å². The van der Waals surface area contributed by atoms with Gasteiger partial charge in [0.2, 0.25) is 0 Å². The molecule has 3 nitrogen and oxygen atoms in total. The Labute approximate surface area is 101 Å². The van der Waals surface area contributed by atoms with E-state index in [1.54, 1.807) is 0 Å². The Morgan fingerprint density at radius 1 is 1.62 bits per heavy atom. The van der Waals surface area contributed by atoms with Crippen molar-refractivity contribution in [3.05, 3.63) is 23.9 Å². The third-order valence-electron chi connectivity index (χ3n) is 3.11. The Morgan fingerprint density at radius 3 is 3.06 bits per heavy atom. The maximum atomic E-state index is 5.89. The number of thioether (sulfide) groups is 1. The van der Waals surface area contributed by atoms with E-state index >= 15 is 0 Å². The lowest BCUT2D eigenvalue weighted by atomic mass is 10.1. The quantitative estimate of drug-likeness (QED) is 0.873. The van der Waals surface area contributed by atoms with E-state index in [1.165, 1.54) is 17.9 Å². The van der Waals surface area contributed by atoms with Crippen molar-refractivity contribution in [2.75, 3.05) is 23.5 Å². The summed E-state index contributed by atoms with van der Waals surface area (Å²) in [6.07, 6.45) is 3.11. The third-order valence-corrected chi connectivity index (χ3v) is 4.25. The zero-order valence-electron chi connectivity index (χ0n) is 9.89.